The van der Waals surface area contributed by atoms with Crippen molar-refractivity contribution in [2.75, 3.05) is 13.2 Å². The highest BCUT2D eigenvalue weighted by molar-refractivity contribution is 5.70. The normalized spacial score (nSPS) is 21.0. The summed E-state index contributed by atoms with van der Waals surface area (Å²) in [6.45, 7) is 1.30. The van der Waals surface area contributed by atoms with Gasteiger partial charge in [-0.15, -0.1) is 0 Å². The summed E-state index contributed by atoms with van der Waals surface area (Å²) in [4.78, 5) is 10.3. The molecule has 1 unspecified atom stereocenters. The Morgan fingerprint density at radius 2 is 2.50 bits per heavy atom. The van der Waals surface area contributed by atoms with Gasteiger partial charge in [0.15, 0.2) is 12.0 Å². The van der Waals surface area contributed by atoms with Crippen molar-refractivity contribution >= 4 is 6.29 Å². The standard InChI is InChI=1S/C10H12O4/c11-6-8-3-4-10(14-8)13-7-9-2-1-5-12-9/h3-4,6,9H,1-2,5,7H2. The van der Waals surface area contributed by atoms with E-state index in [1.165, 1.54) is 0 Å². The number of furan rings is 1. The third-order valence-electron chi connectivity index (χ3n) is 2.15. The van der Waals surface area contributed by atoms with Crippen LogP contribution in [0.15, 0.2) is 16.5 Å². The first-order valence-corrected chi connectivity index (χ1v) is 4.68. The van der Waals surface area contributed by atoms with Gasteiger partial charge in [-0.2, -0.15) is 0 Å². The van der Waals surface area contributed by atoms with E-state index in [2.05, 4.69) is 0 Å². The summed E-state index contributed by atoms with van der Waals surface area (Å²) >= 11 is 0. The van der Waals surface area contributed by atoms with Gasteiger partial charge in [0.25, 0.3) is 5.95 Å². The molecule has 1 saturated heterocycles. The van der Waals surface area contributed by atoms with Gasteiger partial charge in [0.2, 0.25) is 0 Å². The van der Waals surface area contributed by atoms with Crippen molar-refractivity contribution in [1.82, 2.24) is 0 Å². The molecule has 0 spiro atoms. The van der Waals surface area contributed by atoms with Crippen LogP contribution in [0.5, 0.6) is 5.95 Å². The summed E-state index contributed by atoms with van der Waals surface area (Å²) in [6, 6.07) is 3.22. The molecule has 1 atom stereocenters. The van der Waals surface area contributed by atoms with Crippen LogP contribution in [0, 0.1) is 0 Å². The minimum absolute atomic E-state index is 0.166. The zero-order valence-electron chi connectivity index (χ0n) is 7.77. The Balaban J connectivity index is 1.81. The van der Waals surface area contributed by atoms with Gasteiger partial charge in [0, 0.05) is 12.7 Å². The molecule has 76 valence electrons. The molecule has 1 aromatic rings. The zero-order valence-corrected chi connectivity index (χ0v) is 7.77. The predicted molar refractivity (Wildman–Crippen MR) is 48.6 cm³/mol. The molecule has 0 bridgehead atoms. The molecule has 1 aromatic heterocycles. The van der Waals surface area contributed by atoms with Gasteiger partial charge in [-0.05, 0) is 18.9 Å². The van der Waals surface area contributed by atoms with Gasteiger partial charge in [-0.25, -0.2) is 0 Å². The molecule has 0 N–H and O–H groups in total. The van der Waals surface area contributed by atoms with Crippen LogP contribution in [0.4, 0.5) is 0 Å². The van der Waals surface area contributed by atoms with Crippen LogP contribution >= 0.6 is 0 Å². The van der Waals surface area contributed by atoms with Gasteiger partial charge < -0.3 is 13.9 Å². The molecule has 1 fully saturated rings. The fourth-order valence-electron chi connectivity index (χ4n) is 1.43. The summed E-state index contributed by atoms with van der Waals surface area (Å²) in [5.74, 6) is 0.662. The lowest BCUT2D eigenvalue weighted by molar-refractivity contribution is 0.0584. The van der Waals surface area contributed by atoms with E-state index in [0.29, 0.717) is 18.8 Å². The Bertz CT molecular complexity index is 299. The molecule has 1 aliphatic rings. The van der Waals surface area contributed by atoms with Crippen LogP contribution in [0.2, 0.25) is 0 Å². The maximum atomic E-state index is 10.3. The minimum Gasteiger partial charge on any atom is -0.462 e. The lowest BCUT2D eigenvalue weighted by atomic mass is 10.2. The summed E-state index contributed by atoms with van der Waals surface area (Å²) in [6.07, 6.45) is 2.94. The Morgan fingerprint density at radius 1 is 1.57 bits per heavy atom. The predicted octanol–water partition coefficient (Wildman–Crippen LogP) is 1.65. The Kier molecular flexibility index (Phi) is 2.84. The first kappa shape index (κ1) is 9.27. The monoisotopic (exact) mass is 196 g/mol. The topological polar surface area (TPSA) is 48.7 Å². The fourth-order valence-corrected chi connectivity index (χ4v) is 1.43. The molecular weight excluding hydrogens is 184 g/mol. The van der Waals surface area contributed by atoms with Crippen molar-refractivity contribution in [1.29, 1.82) is 0 Å². The van der Waals surface area contributed by atoms with Gasteiger partial charge in [-0.1, -0.05) is 0 Å². The highest BCUT2D eigenvalue weighted by Crippen LogP contribution is 2.17. The molecule has 0 radical (unpaired) electrons. The average Bonchev–Trinajstić information content (AvgIpc) is 2.86. The van der Waals surface area contributed by atoms with Crippen LogP contribution in [-0.4, -0.2) is 25.6 Å². The largest absolute Gasteiger partial charge is 0.462 e. The molecular formula is C10H12O4. The van der Waals surface area contributed by atoms with E-state index >= 15 is 0 Å². The zero-order chi connectivity index (χ0) is 9.80. The summed E-state index contributed by atoms with van der Waals surface area (Å²) in [5.41, 5.74) is 0. The van der Waals surface area contributed by atoms with Crippen LogP contribution in [0.1, 0.15) is 23.4 Å². The smallest absolute Gasteiger partial charge is 0.284 e. The minimum atomic E-state index is 0.166. The lowest BCUT2D eigenvalue weighted by Crippen LogP contribution is -2.15. The number of carbonyl (C=O) groups is 1. The second-order valence-electron chi connectivity index (χ2n) is 3.22. The van der Waals surface area contributed by atoms with Crippen molar-refractivity contribution in [3.63, 3.8) is 0 Å². The second-order valence-corrected chi connectivity index (χ2v) is 3.22. The molecule has 0 aliphatic carbocycles. The van der Waals surface area contributed by atoms with E-state index in [1.807, 2.05) is 0 Å². The maximum Gasteiger partial charge on any atom is 0.284 e. The quantitative estimate of drug-likeness (QED) is 0.687. The van der Waals surface area contributed by atoms with E-state index in [9.17, 15) is 4.79 Å². The number of hydrogen-bond donors (Lipinski definition) is 0. The fraction of sp³-hybridized carbons (Fsp3) is 0.500. The SMILES string of the molecule is O=Cc1ccc(OCC2CCCO2)o1. The van der Waals surface area contributed by atoms with E-state index < -0.39 is 0 Å². The first-order valence-electron chi connectivity index (χ1n) is 4.68. The van der Waals surface area contributed by atoms with Gasteiger partial charge in [0.05, 0.1) is 6.10 Å². The van der Waals surface area contributed by atoms with Gasteiger partial charge in [-0.3, -0.25) is 4.79 Å². The average molecular weight is 196 g/mol. The number of hydrogen-bond acceptors (Lipinski definition) is 4. The molecule has 14 heavy (non-hydrogen) atoms. The summed E-state index contributed by atoms with van der Waals surface area (Å²) in [7, 11) is 0. The van der Waals surface area contributed by atoms with Crippen LogP contribution in [-0.2, 0) is 4.74 Å². The summed E-state index contributed by atoms with van der Waals surface area (Å²) in [5, 5.41) is 0. The molecule has 0 aromatic carbocycles. The van der Waals surface area contributed by atoms with Crippen LogP contribution in [0.3, 0.4) is 0 Å². The van der Waals surface area contributed by atoms with Crippen molar-refractivity contribution in [3.05, 3.63) is 17.9 Å². The maximum absolute atomic E-state index is 10.3. The van der Waals surface area contributed by atoms with E-state index in [-0.39, 0.29) is 11.9 Å². The Hall–Kier alpha value is -1.29. The van der Waals surface area contributed by atoms with E-state index in [4.69, 9.17) is 13.9 Å². The Morgan fingerprint density at radius 3 is 3.14 bits per heavy atom. The van der Waals surface area contributed by atoms with Crippen molar-refractivity contribution in [3.8, 4) is 5.95 Å². The highest BCUT2D eigenvalue weighted by atomic mass is 16.6. The first-order chi connectivity index (χ1) is 6.88. The van der Waals surface area contributed by atoms with Crippen molar-refractivity contribution in [2.45, 2.75) is 18.9 Å². The van der Waals surface area contributed by atoms with Gasteiger partial charge in [0.1, 0.15) is 6.61 Å². The van der Waals surface area contributed by atoms with Crippen molar-refractivity contribution in [2.24, 2.45) is 0 Å². The molecule has 1 aliphatic heterocycles. The van der Waals surface area contributed by atoms with E-state index in [0.717, 1.165) is 19.4 Å². The third kappa shape index (κ3) is 2.14. The molecule has 0 saturated carbocycles. The van der Waals surface area contributed by atoms with E-state index in [1.54, 1.807) is 12.1 Å². The molecule has 2 rings (SSSR count). The van der Waals surface area contributed by atoms with Crippen molar-refractivity contribution < 1.29 is 18.7 Å². The molecule has 2 heterocycles. The van der Waals surface area contributed by atoms with Crippen LogP contribution in [0.25, 0.3) is 0 Å². The number of rotatable bonds is 4. The van der Waals surface area contributed by atoms with Gasteiger partial charge >= 0.3 is 0 Å². The molecule has 4 heteroatoms. The number of ether oxygens (including phenoxy) is 2. The number of aldehydes is 1. The number of carbonyl (C=O) groups excluding carboxylic acids is 1. The van der Waals surface area contributed by atoms with Crippen LogP contribution < -0.4 is 4.74 Å². The third-order valence-corrected chi connectivity index (χ3v) is 2.15. The lowest BCUT2D eigenvalue weighted by Gasteiger charge is -2.08. The second kappa shape index (κ2) is 4.28. The molecule has 4 nitrogen and oxygen atoms in total. The molecule has 0 amide bonds. The summed E-state index contributed by atoms with van der Waals surface area (Å²) < 4.78 is 15.7. The highest BCUT2D eigenvalue weighted by Gasteiger charge is 2.16. The Labute approximate surface area is 81.8 Å².